The van der Waals surface area contributed by atoms with Crippen molar-refractivity contribution in [2.75, 3.05) is 0 Å². The van der Waals surface area contributed by atoms with Gasteiger partial charge < -0.3 is 0 Å². The zero-order valence-electron chi connectivity index (χ0n) is 12.7. The molecule has 116 valence electrons. The first-order valence-electron chi connectivity index (χ1n) is 8.65. The molecule has 0 radical (unpaired) electrons. The Balaban J connectivity index is 1.69. The second kappa shape index (κ2) is 9.19. The summed E-state index contributed by atoms with van der Waals surface area (Å²) in [7, 11) is 0. The van der Waals surface area contributed by atoms with Gasteiger partial charge in [-0.3, -0.25) is 0 Å². The fourth-order valence-electron chi connectivity index (χ4n) is 3.32. The number of nitrogens with zero attached hydrogens (tertiary/aromatic N) is 1. The standard InChI is InChI=1S/C16H30NO3/c18-17(19-15-11-7-3-1-4-8-12-15)20-16-13-9-5-2-6-10-14-16/h15-16H,1-14H2/q+1. The van der Waals surface area contributed by atoms with Crippen LogP contribution in [0.2, 0.25) is 0 Å². The van der Waals surface area contributed by atoms with Crippen LogP contribution in [0, 0.1) is 4.91 Å². The third-order valence-corrected chi connectivity index (χ3v) is 4.57. The molecular formula is C16H30NO3+. The maximum atomic E-state index is 11.8. The minimum absolute atomic E-state index is 0.0568. The SMILES string of the molecule is O=[N+](OC1CCCCCCC1)OC1CCCCCCC1. The van der Waals surface area contributed by atoms with E-state index in [2.05, 4.69) is 0 Å². The fraction of sp³-hybridized carbons (Fsp3) is 1.00. The fourth-order valence-corrected chi connectivity index (χ4v) is 3.32. The molecule has 0 heterocycles. The molecule has 0 amide bonds. The Hall–Kier alpha value is -0.800. The van der Waals surface area contributed by atoms with Crippen molar-refractivity contribution in [3.8, 4) is 0 Å². The predicted molar refractivity (Wildman–Crippen MR) is 78.0 cm³/mol. The van der Waals surface area contributed by atoms with Crippen molar-refractivity contribution in [3.05, 3.63) is 4.91 Å². The molecule has 0 aromatic rings. The Labute approximate surface area is 122 Å². The molecular weight excluding hydrogens is 254 g/mol. The summed E-state index contributed by atoms with van der Waals surface area (Å²) in [6.45, 7) is 0. The highest BCUT2D eigenvalue weighted by atomic mass is 17.0. The van der Waals surface area contributed by atoms with Crippen molar-refractivity contribution in [3.63, 3.8) is 0 Å². The Morgan fingerprint density at radius 3 is 1.20 bits per heavy atom. The highest BCUT2D eigenvalue weighted by Gasteiger charge is 2.27. The van der Waals surface area contributed by atoms with Gasteiger partial charge in [0.25, 0.3) is 0 Å². The Bertz CT molecular complexity index is 241. The average molecular weight is 284 g/mol. The third kappa shape index (κ3) is 6.10. The van der Waals surface area contributed by atoms with Gasteiger partial charge in [0.2, 0.25) is 0 Å². The summed E-state index contributed by atoms with van der Waals surface area (Å²) in [5.74, 6) is 0. The molecule has 4 nitrogen and oxygen atoms in total. The normalized spacial score (nSPS) is 24.0. The van der Waals surface area contributed by atoms with E-state index >= 15 is 0 Å². The van der Waals surface area contributed by atoms with Crippen LogP contribution in [0.15, 0.2) is 0 Å². The summed E-state index contributed by atoms with van der Waals surface area (Å²) in [6.07, 6.45) is 16.5. The van der Waals surface area contributed by atoms with Crippen molar-refractivity contribution < 1.29 is 14.8 Å². The van der Waals surface area contributed by atoms with Crippen LogP contribution in [0.4, 0.5) is 0 Å². The molecule has 0 aromatic heterocycles. The lowest BCUT2D eigenvalue weighted by Crippen LogP contribution is -2.26. The summed E-state index contributed by atoms with van der Waals surface area (Å²) in [5.41, 5.74) is 0. The summed E-state index contributed by atoms with van der Waals surface area (Å²) in [5, 5.41) is 0.429. The lowest BCUT2D eigenvalue weighted by molar-refractivity contribution is -0.993. The Morgan fingerprint density at radius 1 is 0.550 bits per heavy atom. The van der Waals surface area contributed by atoms with E-state index in [0.717, 1.165) is 25.7 Å². The van der Waals surface area contributed by atoms with Gasteiger partial charge in [0.1, 0.15) is 4.91 Å². The van der Waals surface area contributed by atoms with Gasteiger partial charge in [0.15, 0.2) is 12.2 Å². The van der Waals surface area contributed by atoms with E-state index in [1.54, 1.807) is 0 Å². The lowest BCUT2D eigenvalue weighted by Gasteiger charge is -2.16. The molecule has 2 saturated carbocycles. The first kappa shape index (κ1) is 15.6. The maximum absolute atomic E-state index is 11.8. The largest absolute Gasteiger partial charge is 0.478 e. The summed E-state index contributed by atoms with van der Waals surface area (Å²) < 4.78 is 0. The molecule has 0 unspecified atom stereocenters. The minimum atomic E-state index is 0.0568. The molecule has 2 rings (SSSR count). The number of hydrogen-bond acceptors (Lipinski definition) is 3. The smallest absolute Gasteiger partial charge is 0.183 e. The van der Waals surface area contributed by atoms with Crippen LogP contribution in [-0.4, -0.2) is 17.3 Å². The van der Waals surface area contributed by atoms with Gasteiger partial charge in [-0.25, -0.2) is 0 Å². The highest BCUT2D eigenvalue weighted by Crippen LogP contribution is 2.22. The monoisotopic (exact) mass is 284 g/mol. The zero-order valence-corrected chi connectivity index (χ0v) is 12.7. The van der Waals surface area contributed by atoms with Crippen LogP contribution < -0.4 is 0 Å². The molecule has 2 aliphatic carbocycles. The van der Waals surface area contributed by atoms with Crippen LogP contribution in [0.1, 0.15) is 89.9 Å². The highest BCUT2D eigenvalue weighted by molar-refractivity contribution is 4.62. The van der Waals surface area contributed by atoms with Crippen LogP contribution in [0.5, 0.6) is 0 Å². The first-order valence-corrected chi connectivity index (χ1v) is 8.65. The van der Waals surface area contributed by atoms with Crippen molar-refractivity contribution in [1.29, 1.82) is 0 Å². The summed E-state index contributed by atoms with van der Waals surface area (Å²) >= 11 is 0. The average Bonchev–Trinajstić information content (AvgIpc) is 2.35. The Morgan fingerprint density at radius 2 is 0.850 bits per heavy atom. The van der Waals surface area contributed by atoms with E-state index in [1.165, 1.54) is 64.2 Å². The molecule has 0 aromatic carbocycles. The molecule has 4 heteroatoms. The van der Waals surface area contributed by atoms with Crippen molar-refractivity contribution in [1.82, 2.24) is 0 Å². The van der Waals surface area contributed by atoms with Crippen LogP contribution in [0.25, 0.3) is 0 Å². The van der Waals surface area contributed by atoms with Gasteiger partial charge in [-0.05, 0) is 51.4 Å². The van der Waals surface area contributed by atoms with Gasteiger partial charge in [-0.15, -0.1) is 0 Å². The van der Waals surface area contributed by atoms with Gasteiger partial charge in [-0.2, -0.15) is 9.68 Å². The minimum Gasteiger partial charge on any atom is -0.183 e. The van der Waals surface area contributed by atoms with Crippen LogP contribution >= 0.6 is 0 Å². The second-order valence-corrected chi connectivity index (χ2v) is 6.37. The van der Waals surface area contributed by atoms with Gasteiger partial charge >= 0.3 is 5.09 Å². The number of hydrogen-bond donors (Lipinski definition) is 0. The molecule has 0 bridgehead atoms. The van der Waals surface area contributed by atoms with E-state index < -0.39 is 0 Å². The number of rotatable bonds is 4. The maximum Gasteiger partial charge on any atom is 0.478 e. The molecule has 0 N–H and O–H groups in total. The molecule has 0 aliphatic heterocycles. The topological polar surface area (TPSA) is 38.5 Å². The lowest BCUT2D eigenvalue weighted by atomic mass is 9.99. The summed E-state index contributed by atoms with van der Waals surface area (Å²) in [6, 6.07) is 0. The molecule has 0 spiro atoms. The van der Waals surface area contributed by atoms with Gasteiger partial charge in [0, 0.05) is 0 Å². The molecule has 2 fully saturated rings. The van der Waals surface area contributed by atoms with E-state index in [-0.39, 0.29) is 12.2 Å². The van der Waals surface area contributed by atoms with Crippen LogP contribution in [-0.2, 0) is 9.68 Å². The molecule has 0 saturated heterocycles. The molecule has 0 atom stereocenters. The van der Waals surface area contributed by atoms with Crippen molar-refractivity contribution in [2.45, 2.75) is 102 Å². The van der Waals surface area contributed by atoms with Gasteiger partial charge in [0.05, 0.1) is 0 Å². The van der Waals surface area contributed by atoms with Crippen LogP contribution in [0.3, 0.4) is 0 Å². The zero-order chi connectivity index (χ0) is 14.0. The van der Waals surface area contributed by atoms with Crippen molar-refractivity contribution >= 4 is 0 Å². The quantitative estimate of drug-likeness (QED) is 0.692. The molecule has 2 aliphatic rings. The summed E-state index contributed by atoms with van der Waals surface area (Å²) in [4.78, 5) is 22.8. The van der Waals surface area contributed by atoms with E-state index in [9.17, 15) is 4.91 Å². The predicted octanol–water partition coefficient (Wildman–Crippen LogP) is 4.85. The second-order valence-electron chi connectivity index (χ2n) is 6.37. The molecule has 20 heavy (non-hydrogen) atoms. The Kier molecular flexibility index (Phi) is 7.16. The van der Waals surface area contributed by atoms with E-state index in [4.69, 9.17) is 9.68 Å². The third-order valence-electron chi connectivity index (χ3n) is 4.57. The van der Waals surface area contributed by atoms with Crippen molar-refractivity contribution in [2.24, 2.45) is 0 Å². The first-order chi connectivity index (χ1) is 9.84. The van der Waals surface area contributed by atoms with E-state index in [1.807, 2.05) is 0 Å². The van der Waals surface area contributed by atoms with Gasteiger partial charge in [-0.1, -0.05) is 38.5 Å². The van der Waals surface area contributed by atoms with E-state index in [0.29, 0.717) is 5.09 Å².